The summed E-state index contributed by atoms with van der Waals surface area (Å²) >= 11 is 5.81. The SMILES string of the molecule is CC(C)(CNC(=O)Cn1nnc(-c2ccc(Cl)cc2)n1)C(=O)O. The topological polar surface area (TPSA) is 110 Å². The average Bonchev–Trinajstić information content (AvgIpc) is 2.94. The summed E-state index contributed by atoms with van der Waals surface area (Å²) in [5.74, 6) is -0.999. The van der Waals surface area contributed by atoms with E-state index in [1.807, 2.05) is 0 Å². The van der Waals surface area contributed by atoms with Crippen LogP contribution in [0.15, 0.2) is 24.3 Å². The second-order valence-electron chi connectivity index (χ2n) is 5.62. The van der Waals surface area contributed by atoms with Crippen molar-refractivity contribution in [2.24, 2.45) is 5.41 Å². The number of carboxylic acids is 1. The molecule has 8 nitrogen and oxygen atoms in total. The summed E-state index contributed by atoms with van der Waals surface area (Å²) in [6, 6.07) is 6.91. The molecule has 0 unspecified atom stereocenters. The number of carboxylic acid groups (broad SMARTS) is 1. The molecule has 0 radical (unpaired) electrons. The Labute approximate surface area is 137 Å². The van der Waals surface area contributed by atoms with Crippen molar-refractivity contribution in [3.05, 3.63) is 29.3 Å². The third-order valence-electron chi connectivity index (χ3n) is 3.15. The number of carbonyl (C=O) groups is 2. The van der Waals surface area contributed by atoms with Gasteiger partial charge in [-0.05, 0) is 43.3 Å². The number of benzene rings is 1. The Balaban J connectivity index is 1.95. The predicted molar refractivity (Wildman–Crippen MR) is 82.7 cm³/mol. The number of hydrogen-bond donors (Lipinski definition) is 2. The van der Waals surface area contributed by atoms with Gasteiger partial charge in [0.15, 0.2) is 0 Å². The van der Waals surface area contributed by atoms with Gasteiger partial charge in [-0.2, -0.15) is 4.80 Å². The number of carbonyl (C=O) groups excluding carboxylic acids is 1. The lowest BCUT2D eigenvalue weighted by Gasteiger charge is -2.19. The van der Waals surface area contributed by atoms with Crippen LogP contribution in [-0.2, 0) is 16.1 Å². The maximum atomic E-state index is 11.8. The van der Waals surface area contributed by atoms with Gasteiger partial charge in [-0.3, -0.25) is 9.59 Å². The van der Waals surface area contributed by atoms with Gasteiger partial charge in [-0.25, -0.2) is 0 Å². The van der Waals surface area contributed by atoms with E-state index < -0.39 is 11.4 Å². The molecule has 9 heteroatoms. The maximum Gasteiger partial charge on any atom is 0.310 e. The zero-order valence-electron chi connectivity index (χ0n) is 12.7. The molecule has 0 bridgehead atoms. The number of nitrogens with zero attached hydrogens (tertiary/aromatic N) is 4. The highest BCUT2D eigenvalue weighted by Crippen LogP contribution is 2.17. The number of nitrogens with one attached hydrogen (secondary N) is 1. The summed E-state index contributed by atoms with van der Waals surface area (Å²) in [7, 11) is 0. The summed E-state index contributed by atoms with van der Waals surface area (Å²) in [6.07, 6.45) is 0. The van der Waals surface area contributed by atoms with Gasteiger partial charge in [0.05, 0.1) is 5.41 Å². The van der Waals surface area contributed by atoms with Gasteiger partial charge < -0.3 is 10.4 Å². The standard InChI is InChI=1S/C14H16ClN5O3/c1-14(2,13(22)23)8-16-11(21)7-20-18-12(17-19-20)9-3-5-10(15)6-4-9/h3-6H,7-8H2,1-2H3,(H,16,21)(H,22,23). The van der Waals surface area contributed by atoms with Gasteiger partial charge in [-0.1, -0.05) is 11.6 Å². The molecule has 1 aromatic carbocycles. The van der Waals surface area contributed by atoms with Crippen LogP contribution in [0.5, 0.6) is 0 Å². The van der Waals surface area contributed by atoms with E-state index in [-0.39, 0.29) is 19.0 Å². The largest absolute Gasteiger partial charge is 0.481 e. The van der Waals surface area contributed by atoms with Crippen molar-refractivity contribution in [2.45, 2.75) is 20.4 Å². The van der Waals surface area contributed by atoms with Crippen LogP contribution in [0.1, 0.15) is 13.8 Å². The smallest absolute Gasteiger partial charge is 0.310 e. The fourth-order valence-corrected chi connectivity index (χ4v) is 1.73. The van der Waals surface area contributed by atoms with Gasteiger partial charge >= 0.3 is 5.97 Å². The lowest BCUT2D eigenvalue weighted by Crippen LogP contribution is -2.40. The van der Waals surface area contributed by atoms with Gasteiger partial charge in [0.1, 0.15) is 6.54 Å². The van der Waals surface area contributed by atoms with Gasteiger partial charge in [0, 0.05) is 17.1 Å². The second-order valence-corrected chi connectivity index (χ2v) is 6.05. The molecular formula is C14H16ClN5O3. The first kappa shape index (κ1) is 16.9. The van der Waals surface area contributed by atoms with Gasteiger partial charge in [0.25, 0.3) is 0 Å². The number of halogens is 1. The van der Waals surface area contributed by atoms with Crippen molar-refractivity contribution in [3.63, 3.8) is 0 Å². The lowest BCUT2D eigenvalue weighted by atomic mass is 9.94. The number of amides is 1. The quantitative estimate of drug-likeness (QED) is 0.820. The zero-order valence-corrected chi connectivity index (χ0v) is 13.4. The molecule has 0 atom stereocenters. The summed E-state index contributed by atoms with van der Waals surface area (Å²) in [5, 5.41) is 23.9. The highest BCUT2D eigenvalue weighted by atomic mass is 35.5. The molecule has 122 valence electrons. The predicted octanol–water partition coefficient (Wildman–Crippen LogP) is 1.22. The van der Waals surface area contributed by atoms with Crippen molar-refractivity contribution >= 4 is 23.5 Å². The minimum atomic E-state index is -1.04. The minimum absolute atomic E-state index is 0.0138. The van der Waals surface area contributed by atoms with Crippen molar-refractivity contribution < 1.29 is 14.7 Å². The first-order valence-corrected chi connectivity index (χ1v) is 7.19. The highest BCUT2D eigenvalue weighted by Gasteiger charge is 2.27. The van der Waals surface area contributed by atoms with E-state index >= 15 is 0 Å². The highest BCUT2D eigenvalue weighted by molar-refractivity contribution is 6.30. The summed E-state index contributed by atoms with van der Waals surface area (Å²) in [6.45, 7) is 2.93. The molecule has 1 aromatic heterocycles. The third-order valence-corrected chi connectivity index (χ3v) is 3.40. The van der Waals surface area contributed by atoms with Crippen LogP contribution >= 0.6 is 11.6 Å². The second kappa shape index (κ2) is 6.74. The summed E-state index contributed by atoms with van der Waals surface area (Å²) < 4.78 is 0. The molecule has 1 amide bonds. The van der Waals surface area contributed by atoms with Crippen LogP contribution in [0.3, 0.4) is 0 Å². The fraction of sp³-hybridized carbons (Fsp3) is 0.357. The molecule has 2 rings (SSSR count). The summed E-state index contributed by atoms with van der Waals surface area (Å²) in [5.41, 5.74) is -0.312. The number of rotatable bonds is 6. The molecule has 0 saturated heterocycles. The summed E-state index contributed by atoms with van der Waals surface area (Å²) in [4.78, 5) is 23.9. The molecule has 0 saturated carbocycles. The van der Waals surface area contributed by atoms with Gasteiger partial charge in [0.2, 0.25) is 11.7 Å². The van der Waals surface area contributed by atoms with Crippen LogP contribution in [-0.4, -0.2) is 43.7 Å². The number of tetrazole rings is 1. The number of aromatic nitrogens is 4. The molecule has 2 aromatic rings. The van der Waals surface area contributed by atoms with E-state index in [1.54, 1.807) is 24.3 Å². The average molecular weight is 338 g/mol. The molecule has 1 heterocycles. The first-order chi connectivity index (χ1) is 10.8. The fourth-order valence-electron chi connectivity index (χ4n) is 1.60. The van der Waals surface area contributed by atoms with Crippen LogP contribution in [0.2, 0.25) is 5.02 Å². The zero-order chi connectivity index (χ0) is 17.0. The van der Waals surface area contributed by atoms with E-state index in [0.717, 1.165) is 10.4 Å². The Morgan fingerprint density at radius 3 is 2.57 bits per heavy atom. The van der Waals surface area contributed by atoms with E-state index in [1.165, 1.54) is 13.8 Å². The number of hydrogen-bond acceptors (Lipinski definition) is 5. The maximum absolute atomic E-state index is 11.8. The number of aliphatic carboxylic acids is 1. The molecule has 0 spiro atoms. The molecule has 0 fully saturated rings. The molecular weight excluding hydrogens is 322 g/mol. The Morgan fingerprint density at radius 2 is 1.96 bits per heavy atom. The Bertz CT molecular complexity index is 711. The minimum Gasteiger partial charge on any atom is -0.481 e. The Morgan fingerprint density at radius 1 is 1.30 bits per heavy atom. The molecule has 23 heavy (non-hydrogen) atoms. The normalized spacial score (nSPS) is 11.3. The van der Waals surface area contributed by atoms with Crippen LogP contribution in [0.4, 0.5) is 0 Å². The molecule has 0 aliphatic rings. The van der Waals surface area contributed by atoms with E-state index in [2.05, 4.69) is 20.7 Å². The van der Waals surface area contributed by atoms with Crippen molar-refractivity contribution in [2.75, 3.05) is 6.54 Å². The van der Waals surface area contributed by atoms with Crippen molar-refractivity contribution in [1.82, 2.24) is 25.5 Å². The monoisotopic (exact) mass is 337 g/mol. The third kappa shape index (κ3) is 4.49. The van der Waals surface area contributed by atoms with E-state index in [0.29, 0.717) is 10.8 Å². The molecule has 0 aliphatic heterocycles. The molecule has 0 aliphatic carbocycles. The first-order valence-electron chi connectivity index (χ1n) is 6.82. The van der Waals surface area contributed by atoms with E-state index in [9.17, 15) is 9.59 Å². The lowest BCUT2D eigenvalue weighted by molar-refractivity contribution is -0.146. The Kier molecular flexibility index (Phi) is 4.95. The van der Waals surface area contributed by atoms with Gasteiger partial charge in [-0.15, -0.1) is 10.2 Å². The van der Waals surface area contributed by atoms with E-state index in [4.69, 9.17) is 16.7 Å². The van der Waals surface area contributed by atoms with Crippen molar-refractivity contribution in [1.29, 1.82) is 0 Å². The van der Waals surface area contributed by atoms with Crippen LogP contribution < -0.4 is 5.32 Å². The van der Waals surface area contributed by atoms with Crippen LogP contribution in [0, 0.1) is 5.41 Å². The van der Waals surface area contributed by atoms with Crippen molar-refractivity contribution in [3.8, 4) is 11.4 Å². The van der Waals surface area contributed by atoms with Crippen LogP contribution in [0.25, 0.3) is 11.4 Å². The Hall–Kier alpha value is -2.48. The molecule has 2 N–H and O–H groups in total.